The fraction of sp³-hybridized carbons (Fsp3) is 0.500. The molecule has 0 bridgehead atoms. The van der Waals surface area contributed by atoms with E-state index in [2.05, 4.69) is 5.32 Å². The number of carbonyl (C=O) groups is 1. The van der Waals surface area contributed by atoms with E-state index in [9.17, 15) is 9.90 Å². The summed E-state index contributed by atoms with van der Waals surface area (Å²) in [4.78, 5) is 13.7. The Labute approximate surface area is 113 Å². The molecule has 1 atom stereocenters. The standard InChI is InChI=1S/C14H20N2O3/c1-16(10-12-9-15-6-7-19-12)14(18)8-11-4-2-3-5-13(11)17/h2-5,12,15,17H,6-10H2,1H3. The minimum Gasteiger partial charge on any atom is -0.508 e. The number of likely N-dealkylation sites (N-methyl/N-ethyl adjacent to an activating group) is 1. The number of benzene rings is 1. The number of hydrogen-bond acceptors (Lipinski definition) is 4. The molecule has 1 fully saturated rings. The van der Waals surface area contributed by atoms with Crippen LogP contribution >= 0.6 is 0 Å². The monoisotopic (exact) mass is 264 g/mol. The number of ether oxygens (including phenoxy) is 1. The summed E-state index contributed by atoms with van der Waals surface area (Å²) in [5, 5.41) is 12.9. The van der Waals surface area contributed by atoms with Crippen LogP contribution in [0.15, 0.2) is 24.3 Å². The average molecular weight is 264 g/mol. The second-order valence-corrected chi connectivity index (χ2v) is 4.78. The highest BCUT2D eigenvalue weighted by Crippen LogP contribution is 2.16. The van der Waals surface area contributed by atoms with E-state index in [1.54, 1.807) is 30.1 Å². The first-order chi connectivity index (χ1) is 9.16. The van der Waals surface area contributed by atoms with Crippen LogP contribution in [0.3, 0.4) is 0 Å². The van der Waals surface area contributed by atoms with Gasteiger partial charge in [-0.15, -0.1) is 0 Å². The van der Waals surface area contributed by atoms with Crippen molar-refractivity contribution in [1.82, 2.24) is 10.2 Å². The fourth-order valence-corrected chi connectivity index (χ4v) is 2.10. The van der Waals surface area contributed by atoms with Gasteiger partial charge in [-0.25, -0.2) is 0 Å². The summed E-state index contributed by atoms with van der Waals surface area (Å²) in [6.45, 7) is 2.89. The van der Waals surface area contributed by atoms with E-state index in [1.807, 2.05) is 6.07 Å². The van der Waals surface area contributed by atoms with Crippen LogP contribution in [0.5, 0.6) is 5.75 Å². The summed E-state index contributed by atoms with van der Waals surface area (Å²) in [6, 6.07) is 6.92. The summed E-state index contributed by atoms with van der Waals surface area (Å²) in [5.74, 6) is 0.149. The van der Waals surface area contributed by atoms with Crippen molar-refractivity contribution in [2.75, 3.05) is 33.3 Å². The molecule has 5 heteroatoms. The molecule has 1 aliphatic rings. The molecule has 2 N–H and O–H groups in total. The van der Waals surface area contributed by atoms with E-state index in [0.717, 1.165) is 13.1 Å². The molecule has 1 aliphatic heterocycles. The lowest BCUT2D eigenvalue weighted by Gasteiger charge is -2.28. The third-order valence-corrected chi connectivity index (χ3v) is 3.24. The molecule has 1 saturated heterocycles. The van der Waals surface area contributed by atoms with Gasteiger partial charge in [-0.05, 0) is 6.07 Å². The lowest BCUT2D eigenvalue weighted by atomic mass is 10.1. The van der Waals surface area contributed by atoms with E-state index in [4.69, 9.17) is 4.74 Å². The minimum absolute atomic E-state index is 0.0179. The van der Waals surface area contributed by atoms with E-state index < -0.39 is 0 Å². The van der Waals surface area contributed by atoms with Crippen molar-refractivity contribution < 1.29 is 14.6 Å². The lowest BCUT2D eigenvalue weighted by molar-refractivity contribution is -0.131. The van der Waals surface area contributed by atoms with Gasteiger partial charge in [0.25, 0.3) is 0 Å². The van der Waals surface area contributed by atoms with Crippen LogP contribution in [0, 0.1) is 0 Å². The Bertz CT molecular complexity index is 430. The van der Waals surface area contributed by atoms with Gasteiger partial charge in [-0.1, -0.05) is 18.2 Å². The first-order valence-electron chi connectivity index (χ1n) is 6.50. The Morgan fingerprint density at radius 3 is 3.00 bits per heavy atom. The molecule has 2 rings (SSSR count). The minimum atomic E-state index is -0.0179. The maximum Gasteiger partial charge on any atom is 0.226 e. The number of amides is 1. The van der Waals surface area contributed by atoms with Crippen LogP contribution in [0.2, 0.25) is 0 Å². The van der Waals surface area contributed by atoms with E-state index >= 15 is 0 Å². The van der Waals surface area contributed by atoms with Gasteiger partial charge >= 0.3 is 0 Å². The first kappa shape index (κ1) is 13.8. The summed E-state index contributed by atoms with van der Waals surface area (Å²) in [7, 11) is 1.76. The van der Waals surface area contributed by atoms with Gasteiger partial charge in [-0.3, -0.25) is 4.79 Å². The molecular formula is C14H20N2O3. The molecular weight excluding hydrogens is 244 g/mol. The van der Waals surface area contributed by atoms with Crippen molar-refractivity contribution in [3.63, 3.8) is 0 Å². The lowest BCUT2D eigenvalue weighted by Crippen LogP contribution is -2.46. The van der Waals surface area contributed by atoms with Gasteiger partial charge in [0.2, 0.25) is 5.91 Å². The molecule has 0 radical (unpaired) electrons. The van der Waals surface area contributed by atoms with Crippen molar-refractivity contribution in [1.29, 1.82) is 0 Å². The number of nitrogens with zero attached hydrogens (tertiary/aromatic N) is 1. The normalized spacial score (nSPS) is 19.1. The summed E-state index contributed by atoms with van der Waals surface area (Å²) >= 11 is 0. The van der Waals surface area contributed by atoms with E-state index in [0.29, 0.717) is 18.7 Å². The number of phenols is 1. The largest absolute Gasteiger partial charge is 0.508 e. The van der Waals surface area contributed by atoms with Gasteiger partial charge in [0.15, 0.2) is 0 Å². The van der Waals surface area contributed by atoms with Crippen molar-refractivity contribution >= 4 is 5.91 Å². The van der Waals surface area contributed by atoms with Gasteiger partial charge in [0.1, 0.15) is 5.75 Å². The zero-order chi connectivity index (χ0) is 13.7. The van der Waals surface area contributed by atoms with Crippen molar-refractivity contribution in [3.05, 3.63) is 29.8 Å². The smallest absolute Gasteiger partial charge is 0.226 e. The number of morpholine rings is 1. The highest BCUT2D eigenvalue weighted by atomic mass is 16.5. The Kier molecular flexibility index (Phi) is 4.76. The number of para-hydroxylation sites is 1. The maximum absolute atomic E-state index is 12.1. The number of nitrogens with one attached hydrogen (secondary N) is 1. The molecule has 1 aromatic rings. The highest BCUT2D eigenvalue weighted by molar-refractivity contribution is 5.79. The molecule has 1 heterocycles. The van der Waals surface area contributed by atoms with Gasteiger partial charge in [-0.2, -0.15) is 0 Å². The van der Waals surface area contributed by atoms with Crippen molar-refractivity contribution in [2.45, 2.75) is 12.5 Å². The predicted molar refractivity (Wildman–Crippen MR) is 72.1 cm³/mol. The maximum atomic E-state index is 12.1. The molecule has 1 aromatic carbocycles. The second kappa shape index (κ2) is 6.54. The topological polar surface area (TPSA) is 61.8 Å². The number of carbonyl (C=O) groups excluding carboxylic acids is 1. The third kappa shape index (κ3) is 3.94. The Balaban J connectivity index is 1.87. The Morgan fingerprint density at radius 2 is 2.32 bits per heavy atom. The summed E-state index contributed by atoms with van der Waals surface area (Å²) in [5.41, 5.74) is 0.655. The van der Waals surface area contributed by atoms with Crippen LogP contribution in [-0.4, -0.2) is 55.3 Å². The second-order valence-electron chi connectivity index (χ2n) is 4.78. The number of rotatable bonds is 4. The predicted octanol–water partition coefficient (Wildman–Crippen LogP) is 0.382. The average Bonchev–Trinajstić information content (AvgIpc) is 2.42. The van der Waals surface area contributed by atoms with Crippen LogP contribution < -0.4 is 5.32 Å². The SMILES string of the molecule is CN(CC1CNCCO1)C(=O)Cc1ccccc1O. The van der Waals surface area contributed by atoms with E-state index in [1.165, 1.54) is 0 Å². The zero-order valence-electron chi connectivity index (χ0n) is 11.1. The van der Waals surface area contributed by atoms with Crippen LogP contribution in [-0.2, 0) is 16.0 Å². The van der Waals surface area contributed by atoms with Crippen LogP contribution in [0.4, 0.5) is 0 Å². The van der Waals surface area contributed by atoms with Crippen LogP contribution in [0.25, 0.3) is 0 Å². The number of hydrogen-bond donors (Lipinski definition) is 2. The molecule has 104 valence electrons. The Morgan fingerprint density at radius 1 is 1.53 bits per heavy atom. The van der Waals surface area contributed by atoms with E-state index in [-0.39, 0.29) is 24.2 Å². The van der Waals surface area contributed by atoms with Crippen molar-refractivity contribution in [3.8, 4) is 5.75 Å². The fourth-order valence-electron chi connectivity index (χ4n) is 2.10. The molecule has 1 unspecified atom stereocenters. The number of aromatic hydroxyl groups is 1. The first-order valence-corrected chi connectivity index (χ1v) is 6.50. The summed E-state index contributed by atoms with van der Waals surface area (Å²) in [6.07, 6.45) is 0.260. The molecule has 0 aliphatic carbocycles. The molecule has 0 saturated carbocycles. The third-order valence-electron chi connectivity index (χ3n) is 3.24. The molecule has 19 heavy (non-hydrogen) atoms. The zero-order valence-corrected chi connectivity index (χ0v) is 11.1. The van der Waals surface area contributed by atoms with Crippen LogP contribution in [0.1, 0.15) is 5.56 Å². The quantitative estimate of drug-likeness (QED) is 0.825. The molecule has 0 aromatic heterocycles. The van der Waals surface area contributed by atoms with Gasteiger partial charge < -0.3 is 20.1 Å². The van der Waals surface area contributed by atoms with Gasteiger partial charge in [0, 0.05) is 32.2 Å². The van der Waals surface area contributed by atoms with Crippen molar-refractivity contribution in [2.24, 2.45) is 0 Å². The molecule has 1 amide bonds. The van der Waals surface area contributed by atoms with Gasteiger partial charge in [0.05, 0.1) is 19.1 Å². The summed E-state index contributed by atoms with van der Waals surface area (Å²) < 4.78 is 5.57. The molecule has 0 spiro atoms. The highest BCUT2D eigenvalue weighted by Gasteiger charge is 2.19. The number of phenolic OH excluding ortho intramolecular Hbond substituents is 1. The molecule has 5 nitrogen and oxygen atoms in total. The Hall–Kier alpha value is -1.59.